The maximum Gasteiger partial charge on any atom is 0.319 e. The number of rotatable bonds is 6. The first-order chi connectivity index (χ1) is 12.1. The van der Waals surface area contributed by atoms with Crippen LogP contribution in [0, 0.1) is 5.82 Å². The van der Waals surface area contributed by atoms with Gasteiger partial charge in [-0.25, -0.2) is 9.18 Å². The van der Waals surface area contributed by atoms with Gasteiger partial charge >= 0.3 is 6.03 Å². The fourth-order valence-electron chi connectivity index (χ4n) is 2.99. The van der Waals surface area contributed by atoms with Gasteiger partial charge in [0.2, 0.25) is 0 Å². The number of carbonyl (C=O) groups excluding carboxylic acids is 1. The Morgan fingerprint density at radius 3 is 2.84 bits per heavy atom. The third-order valence-electron chi connectivity index (χ3n) is 4.37. The molecule has 2 N–H and O–H groups in total. The molecule has 1 fully saturated rings. The Kier molecular flexibility index (Phi) is 5.53. The number of benzene rings is 1. The summed E-state index contributed by atoms with van der Waals surface area (Å²) in [7, 11) is 1.85. The van der Waals surface area contributed by atoms with Gasteiger partial charge in [-0.15, -0.1) is 0 Å². The number of aromatic nitrogens is 2. The number of hydrogen-bond acceptors (Lipinski definition) is 3. The van der Waals surface area contributed by atoms with Crippen molar-refractivity contribution in [1.82, 2.24) is 15.1 Å². The van der Waals surface area contributed by atoms with Crippen molar-refractivity contribution in [3.8, 4) is 5.75 Å². The summed E-state index contributed by atoms with van der Waals surface area (Å²) in [5.41, 5.74) is 1.43. The zero-order valence-electron chi connectivity index (χ0n) is 14.3. The molecule has 3 rings (SSSR count). The highest BCUT2D eigenvalue weighted by Crippen LogP contribution is 2.27. The fraction of sp³-hybridized carbons (Fsp3) is 0.444. The molecule has 0 radical (unpaired) electrons. The van der Waals surface area contributed by atoms with Crippen molar-refractivity contribution in [3.63, 3.8) is 0 Å². The summed E-state index contributed by atoms with van der Waals surface area (Å²) in [5.74, 6) is -0.214. The van der Waals surface area contributed by atoms with Crippen molar-refractivity contribution in [3.05, 3.63) is 42.0 Å². The van der Waals surface area contributed by atoms with Gasteiger partial charge in [0.25, 0.3) is 0 Å². The molecule has 0 bridgehead atoms. The Balaban J connectivity index is 1.47. The largest absolute Gasteiger partial charge is 0.487 e. The number of amides is 2. The summed E-state index contributed by atoms with van der Waals surface area (Å²) in [6.07, 6.45) is 6.69. The van der Waals surface area contributed by atoms with E-state index in [-0.39, 0.29) is 17.9 Å². The standard InChI is InChI=1S/C18H23FN4O2/c1-23-14(9-11-21-23)8-10-20-18(24)22-13-6-7-17(16(19)12-13)25-15-4-2-3-5-15/h6-7,9,11-12,15H,2-5,8,10H2,1H3,(H2,20,22,24). The highest BCUT2D eigenvalue weighted by atomic mass is 19.1. The average Bonchev–Trinajstić information content (AvgIpc) is 3.22. The third kappa shape index (κ3) is 4.71. The van der Waals surface area contributed by atoms with Crippen LogP contribution in [0.1, 0.15) is 31.4 Å². The van der Waals surface area contributed by atoms with E-state index in [1.807, 2.05) is 13.1 Å². The Morgan fingerprint density at radius 1 is 1.36 bits per heavy atom. The molecule has 0 saturated heterocycles. The van der Waals surface area contributed by atoms with Crippen LogP contribution in [0.15, 0.2) is 30.5 Å². The van der Waals surface area contributed by atoms with Crippen molar-refractivity contribution in [1.29, 1.82) is 0 Å². The number of anilines is 1. The summed E-state index contributed by atoms with van der Waals surface area (Å²) in [4.78, 5) is 11.9. The summed E-state index contributed by atoms with van der Waals surface area (Å²) in [6, 6.07) is 6.03. The van der Waals surface area contributed by atoms with Gasteiger partial charge in [-0.1, -0.05) is 0 Å². The first-order valence-corrected chi connectivity index (χ1v) is 8.60. The van der Waals surface area contributed by atoms with Gasteiger partial charge in [0.05, 0.1) is 6.10 Å². The van der Waals surface area contributed by atoms with E-state index < -0.39 is 5.82 Å². The quantitative estimate of drug-likeness (QED) is 0.844. The molecule has 1 aromatic carbocycles. The molecule has 1 saturated carbocycles. The molecule has 1 aliphatic rings. The third-order valence-corrected chi connectivity index (χ3v) is 4.37. The Bertz CT molecular complexity index is 726. The van der Waals surface area contributed by atoms with Gasteiger partial charge in [0.1, 0.15) is 0 Å². The van der Waals surface area contributed by atoms with Gasteiger partial charge in [0, 0.05) is 43.7 Å². The number of ether oxygens (including phenoxy) is 1. The van der Waals surface area contributed by atoms with E-state index in [1.54, 1.807) is 23.0 Å². The average molecular weight is 346 g/mol. The molecule has 0 unspecified atom stereocenters. The molecule has 0 atom stereocenters. The van der Waals surface area contributed by atoms with Crippen molar-refractivity contribution in [2.75, 3.05) is 11.9 Å². The van der Waals surface area contributed by atoms with E-state index in [2.05, 4.69) is 15.7 Å². The lowest BCUT2D eigenvalue weighted by molar-refractivity contribution is 0.201. The normalized spacial score (nSPS) is 14.5. The van der Waals surface area contributed by atoms with E-state index in [1.165, 1.54) is 6.07 Å². The zero-order valence-corrected chi connectivity index (χ0v) is 14.3. The monoisotopic (exact) mass is 346 g/mol. The molecule has 1 aromatic heterocycles. The molecule has 1 heterocycles. The van der Waals surface area contributed by atoms with Crippen LogP contribution in [0.5, 0.6) is 5.75 Å². The fourth-order valence-corrected chi connectivity index (χ4v) is 2.99. The molecule has 1 aliphatic carbocycles. The maximum absolute atomic E-state index is 14.1. The molecular weight excluding hydrogens is 323 g/mol. The van der Waals surface area contributed by atoms with E-state index in [9.17, 15) is 9.18 Å². The molecule has 6 nitrogen and oxygen atoms in total. The second-order valence-corrected chi connectivity index (χ2v) is 6.25. The molecule has 2 aromatic rings. The van der Waals surface area contributed by atoms with Crippen molar-refractivity contribution in [2.45, 2.75) is 38.2 Å². The lowest BCUT2D eigenvalue weighted by Gasteiger charge is -2.14. The van der Waals surface area contributed by atoms with Crippen molar-refractivity contribution >= 4 is 11.7 Å². The van der Waals surface area contributed by atoms with Crippen LogP contribution in [0.3, 0.4) is 0 Å². The smallest absolute Gasteiger partial charge is 0.319 e. The lowest BCUT2D eigenvalue weighted by atomic mass is 10.2. The van der Waals surface area contributed by atoms with E-state index in [4.69, 9.17) is 4.74 Å². The minimum Gasteiger partial charge on any atom is -0.487 e. The number of nitrogens with zero attached hydrogens (tertiary/aromatic N) is 2. The Hall–Kier alpha value is -2.57. The highest BCUT2D eigenvalue weighted by molar-refractivity contribution is 5.89. The summed E-state index contributed by atoms with van der Waals surface area (Å²) < 4.78 is 21.6. The second-order valence-electron chi connectivity index (χ2n) is 6.25. The molecular formula is C18H23FN4O2. The first kappa shape index (κ1) is 17.3. The minimum absolute atomic E-state index is 0.101. The number of hydrogen-bond donors (Lipinski definition) is 2. The van der Waals surface area contributed by atoms with E-state index >= 15 is 0 Å². The number of nitrogens with one attached hydrogen (secondary N) is 2. The minimum atomic E-state index is -0.459. The zero-order chi connectivity index (χ0) is 17.6. The molecule has 0 aliphatic heterocycles. The maximum atomic E-state index is 14.1. The van der Waals surface area contributed by atoms with Crippen LogP contribution in [0.25, 0.3) is 0 Å². The van der Waals surface area contributed by atoms with Crippen LogP contribution in [-0.4, -0.2) is 28.5 Å². The number of urea groups is 1. The predicted octanol–water partition coefficient (Wildman–Crippen LogP) is 3.24. The molecule has 25 heavy (non-hydrogen) atoms. The molecule has 2 amide bonds. The predicted molar refractivity (Wildman–Crippen MR) is 93.2 cm³/mol. The van der Waals surface area contributed by atoms with Gasteiger partial charge in [-0.05, 0) is 43.9 Å². The SMILES string of the molecule is Cn1nccc1CCNC(=O)Nc1ccc(OC2CCCC2)c(F)c1. The topological polar surface area (TPSA) is 68.2 Å². The van der Waals surface area contributed by atoms with Gasteiger partial charge < -0.3 is 15.4 Å². The van der Waals surface area contributed by atoms with Crippen LogP contribution in [0.2, 0.25) is 0 Å². The molecule has 0 spiro atoms. The van der Waals surface area contributed by atoms with Crippen LogP contribution in [0.4, 0.5) is 14.9 Å². The van der Waals surface area contributed by atoms with Crippen LogP contribution < -0.4 is 15.4 Å². The molecule has 134 valence electrons. The Labute approximate surface area is 146 Å². The summed E-state index contributed by atoms with van der Waals surface area (Å²) in [6.45, 7) is 0.469. The number of aryl methyl sites for hydroxylation is 1. The van der Waals surface area contributed by atoms with Gasteiger partial charge in [-0.2, -0.15) is 5.10 Å². The van der Waals surface area contributed by atoms with Crippen LogP contribution in [-0.2, 0) is 13.5 Å². The lowest BCUT2D eigenvalue weighted by Crippen LogP contribution is -2.30. The second kappa shape index (κ2) is 8.00. The summed E-state index contributed by atoms with van der Waals surface area (Å²) in [5, 5.41) is 9.45. The van der Waals surface area contributed by atoms with Crippen molar-refractivity contribution in [2.24, 2.45) is 7.05 Å². The summed E-state index contributed by atoms with van der Waals surface area (Å²) >= 11 is 0. The number of carbonyl (C=O) groups is 1. The van der Waals surface area contributed by atoms with E-state index in [0.29, 0.717) is 18.7 Å². The Morgan fingerprint density at radius 2 is 2.16 bits per heavy atom. The highest BCUT2D eigenvalue weighted by Gasteiger charge is 2.18. The van der Waals surface area contributed by atoms with Gasteiger partial charge in [-0.3, -0.25) is 4.68 Å². The number of halogens is 1. The first-order valence-electron chi connectivity index (χ1n) is 8.60. The van der Waals surface area contributed by atoms with Gasteiger partial charge in [0.15, 0.2) is 11.6 Å². The van der Waals surface area contributed by atoms with Crippen molar-refractivity contribution < 1.29 is 13.9 Å². The van der Waals surface area contributed by atoms with Crippen LogP contribution >= 0.6 is 0 Å². The molecule has 7 heteroatoms. The van der Waals surface area contributed by atoms with E-state index in [0.717, 1.165) is 31.4 Å².